The number of rotatable bonds is 3. The first-order valence-corrected chi connectivity index (χ1v) is 9.01. The SMILES string of the molecule is COC1=C[C@@]23CCN(C(C)=O)[C@H](Cc4cc(OC)c(OC)cc42)C3=CC1=O. The van der Waals surface area contributed by atoms with Crippen molar-refractivity contribution in [1.29, 1.82) is 0 Å². The van der Waals surface area contributed by atoms with E-state index in [-0.39, 0.29) is 17.7 Å². The van der Waals surface area contributed by atoms with E-state index in [1.54, 1.807) is 27.2 Å². The maximum atomic E-state index is 12.5. The van der Waals surface area contributed by atoms with E-state index in [1.807, 2.05) is 23.1 Å². The first kappa shape index (κ1) is 17.6. The number of fused-ring (bicyclic) bond motifs is 1. The molecule has 1 aromatic carbocycles. The summed E-state index contributed by atoms with van der Waals surface area (Å²) in [5.41, 5.74) is 2.69. The number of ether oxygens (including phenoxy) is 3. The van der Waals surface area contributed by atoms with Crippen LogP contribution < -0.4 is 9.47 Å². The number of hydrogen-bond donors (Lipinski definition) is 0. The Morgan fingerprint density at radius 3 is 2.48 bits per heavy atom. The average molecular weight is 369 g/mol. The smallest absolute Gasteiger partial charge is 0.220 e. The van der Waals surface area contributed by atoms with Gasteiger partial charge < -0.3 is 19.1 Å². The van der Waals surface area contributed by atoms with Gasteiger partial charge in [0, 0.05) is 18.9 Å². The number of amides is 1. The van der Waals surface area contributed by atoms with Crippen molar-refractivity contribution in [3.05, 3.63) is 46.7 Å². The number of carbonyl (C=O) groups excluding carboxylic acids is 2. The average Bonchev–Trinajstić information content (AvgIpc) is 2.66. The number of carbonyl (C=O) groups is 2. The lowest BCUT2D eigenvalue weighted by atomic mass is 9.58. The summed E-state index contributed by atoms with van der Waals surface area (Å²) in [7, 11) is 4.74. The van der Waals surface area contributed by atoms with Gasteiger partial charge in [-0.05, 0) is 53.8 Å². The van der Waals surface area contributed by atoms with Crippen LogP contribution in [0, 0.1) is 0 Å². The molecule has 0 saturated carbocycles. The molecule has 2 aliphatic carbocycles. The molecular weight excluding hydrogens is 346 g/mol. The fourth-order valence-corrected chi connectivity index (χ4v) is 4.79. The Kier molecular flexibility index (Phi) is 4.02. The summed E-state index contributed by atoms with van der Waals surface area (Å²) in [5.74, 6) is 1.53. The van der Waals surface area contributed by atoms with Gasteiger partial charge in [0.05, 0.1) is 27.4 Å². The fraction of sp³-hybridized carbons (Fsp3) is 0.429. The minimum absolute atomic E-state index is 0.0207. The highest BCUT2D eigenvalue weighted by molar-refractivity contribution is 6.05. The number of likely N-dealkylation sites (tertiary alicyclic amines) is 1. The Morgan fingerprint density at radius 1 is 1.15 bits per heavy atom. The third kappa shape index (κ3) is 2.39. The second-order valence-corrected chi connectivity index (χ2v) is 7.19. The maximum Gasteiger partial charge on any atom is 0.220 e. The predicted molar refractivity (Wildman–Crippen MR) is 98.9 cm³/mol. The van der Waals surface area contributed by atoms with Gasteiger partial charge in [-0.15, -0.1) is 0 Å². The monoisotopic (exact) mass is 369 g/mol. The van der Waals surface area contributed by atoms with Crippen molar-refractivity contribution >= 4 is 11.7 Å². The van der Waals surface area contributed by atoms with E-state index < -0.39 is 5.41 Å². The Bertz CT molecular complexity index is 900. The standard InChI is InChI=1S/C21H23NO5/c1-12(23)22-6-5-21-11-20(27-4)17(24)9-15(21)16(22)7-13-8-18(25-2)19(26-3)10-14(13)21/h8-11,16H,5-7H2,1-4H3/t16-,21+/m1/s1. The van der Waals surface area contributed by atoms with Crippen molar-refractivity contribution in [2.45, 2.75) is 31.2 Å². The first-order valence-electron chi connectivity index (χ1n) is 9.01. The normalized spacial score (nSPS) is 25.7. The molecule has 2 bridgehead atoms. The van der Waals surface area contributed by atoms with Crippen LogP contribution >= 0.6 is 0 Å². The van der Waals surface area contributed by atoms with Crippen LogP contribution in [0.4, 0.5) is 0 Å². The molecule has 1 aromatic rings. The zero-order chi connectivity index (χ0) is 19.3. The van der Waals surface area contributed by atoms with Crippen LogP contribution in [0.25, 0.3) is 0 Å². The van der Waals surface area contributed by atoms with Crippen molar-refractivity contribution < 1.29 is 23.8 Å². The van der Waals surface area contributed by atoms with Crippen LogP contribution in [0.15, 0.2) is 35.6 Å². The summed E-state index contributed by atoms with van der Waals surface area (Å²) in [6, 6.07) is 3.85. The van der Waals surface area contributed by atoms with E-state index in [0.717, 1.165) is 16.7 Å². The van der Waals surface area contributed by atoms with Gasteiger partial charge in [0.1, 0.15) is 0 Å². The molecule has 1 aliphatic heterocycles. The van der Waals surface area contributed by atoms with Crippen LogP contribution in [0.3, 0.4) is 0 Å². The maximum absolute atomic E-state index is 12.5. The van der Waals surface area contributed by atoms with Crippen LogP contribution in [-0.2, 0) is 26.2 Å². The van der Waals surface area contributed by atoms with Crippen molar-refractivity contribution in [1.82, 2.24) is 4.90 Å². The highest BCUT2D eigenvalue weighted by Crippen LogP contribution is 2.53. The van der Waals surface area contributed by atoms with Crippen LogP contribution in [0.5, 0.6) is 11.5 Å². The van der Waals surface area contributed by atoms with Crippen molar-refractivity contribution in [3.8, 4) is 11.5 Å². The summed E-state index contributed by atoms with van der Waals surface area (Å²) in [6.07, 6.45) is 4.93. The molecule has 3 aliphatic rings. The van der Waals surface area contributed by atoms with Gasteiger partial charge in [-0.1, -0.05) is 0 Å². The highest BCUT2D eigenvalue weighted by atomic mass is 16.5. The van der Waals surface area contributed by atoms with E-state index in [0.29, 0.717) is 36.6 Å². The van der Waals surface area contributed by atoms with Crippen LogP contribution in [0.1, 0.15) is 24.5 Å². The van der Waals surface area contributed by atoms with Gasteiger partial charge in [0.25, 0.3) is 0 Å². The number of allylic oxidation sites excluding steroid dienone is 2. The molecule has 142 valence electrons. The molecule has 1 saturated heterocycles. The number of benzene rings is 1. The Balaban J connectivity index is 1.98. The van der Waals surface area contributed by atoms with Gasteiger partial charge in [-0.25, -0.2) is 0 Å². The largest absolute Gasteiger partial charge is 0.493 e. The molecule has 2 atom stereocenters. The van der Waals surface area contributed by atoms with Gasteiger partial charge in [0.2, 0.25) is 11.7 Å². The molecule has 27 heavy (non-hydrogen) atoms. The summed E-state index contributed by atoms with van der Waals surface area (Å²) in [5, 5.41) is 0. The fourth-order valence-electron chi connectivity index (χ4n) is 4.79. The number of methoxy groups -OCH3 is 3. The Labute approximate surface area is 158 Å². The van der Waals surface area contributed by atoms with Gasteiger partial charge in [-0.2, -0.15) is 0 Å². The van der Waals surface area contributed by atoms with Crippen molar-refractivity contribution in [2.24, 2.45) is 0 Å². The van der Waals surface area contributed by atoms with Gasteiger partial charge in [0.15, 0.2) is 17.3 Å². The lowest BCUT2D eigenvalue weighted by molar-refractivity contribution is -0.132. The summed E-state index contributed by atoms with van der Waals surface area (Å²) in [6.45, 7) is 2.21. The molecule has 1 amide bonds. The van der Waals surface area contributed by atoms with Crippen LogP contribution in [0.2, 0.25) is 0 Å². The topological polar surface area (TPSA) is 65.1 Å². The number of piperidine rings is 1. The molecule has 4 rings (SSSR count). The van der Waals surface area contributed by atoms with Crippen molar-refractivity contribution in [3.63, 3.8) is 0 Å². The molecule has 0 aromatic heterocycles. The van der Waals surface area contributed by atoms with Crippen molar-refractivity contribution in [2.75, 3.05) is 27.9 Å². The molecule has 0 N–H and O–H groups in total. The molecule has 0 unspecified atom stereocenters. The lowest BCUT2D eigenvalue weighted by Crippen LogP contribution is -2.57. The molecule has 0 radical (unpaired) electrons. The molecule has 6 heteroatoms. The molecule has 1 heterocycles. The third-order valence-electron chi connectivity index (χ3n) is 6.03. The zero-order valence-electron chi connectivity index (χ0n) is 16.0. The van der Waals surface area contributed by atoms with E-state index in [4.69, 9.17) is 14.2 Å². The second kappa shape index (κ2) is 6.15. The Hall–Kier alpha value is -2.76. The molecule has 0 spiro atoms. The highest BCUT2D eigenvalue weighted by Gasteiger charge is 2.52. The van der Waals surface area contributed by atoms with E-state index in [9.17, 15) is 9.59 Å². The quantitative estimate of drug-likeness (QED) is 0.817. The first-order chi connectivity index (χ1) is 12.9. The number of ketones is 1. The number of nitrogens with zero attached hydrogens (tertiary/aromatic N) is 1. The van der Waals surface area contributed by atoms with Gasteiger partial charge in [-0.3, -0.25) is 9.59 Å². The second-order valence-electron chi connectivity index (χ2n) is 7.19. The third-order valence-corrected chi connectivity index (χ3v) is 6.03. The summed E-state index contributed by atoms with van der Waals surface area (Å²) < 4.78 is 16.4. The zero-order valence-corrected chi connectivity index (χ0v) is 16.0. The number of hydrogen-bond acceptors (Lipinski definition) is 5. The molecule has 6 nitrogen and oxygen atoms in total. The van der Waals surface area contributed by atoms with Gasteiger partial charge >= 0.3 is 0 Å². The minimum atomic E-state index is -0.469. The van der Waals surface area contributed by atoms with E-state index >= 15 is 0 Å². The summed E-state index contributed by atoms with van der Waals surface area (Å²) >= 11 is 0. The van der Waals surface area contributed by atoms with Crippen LogP contribution in [-0.4, -0.2) is 50.5 Å². The predicted octanol–water partition coefficient (Wildman–Crippen LogP) is 2.16. The minimum Gasteiger partial charge on any atom is -0.493 e. The molecule has 1 fully saturated rings. The Morgan fingerprint density at radius 2 is 1.85 bits per heavy atom. The van der Waals surface area contributed by atoms with E-state index in [2.05, 4.69) is 0 Å². The molecular formula is C21H23NO5. The summed E-state index contributed by atoms with van der Waals surface area (Å²) in [4.78, 5) is 26.6. The lowest BCUT2D eigenvalue weighted by Gasteiger charge is -2.53. The van der Waals surface area contributed by atoms with E-state index in [1.165, 1.54) is 7.11 Å².